The molecular weight excluding hydrogens is 452 g/mol. The van der Waals surface area contributed by atoms with Gasteiger partial charge in [0.15, 0.2) is 0 Å². The summed E-state index contributed by atoms with van der Waals surface area (Å²) in [5, 5.41) is 1.18. The monoisotopic (exact) mass is 480 g/mol. The summed E-state index contributed by atoms with van der Waals surface area (Å²) in [7, 11) is 0. The molecule has 1 aliphatic carbocycles. The van der Waals surface area contributed by atoms with Crippen molar-refractivity contribution in [3.05, 3.63) is 64.3 Å². The summed E-state index contributed by atoms with van der Waals surface area (Å²) in [6.07, 6.45) is 4.93. The summed E-state index contributed by atoms with van der Waals surface area (Å²) < 4.78 is 6.12. The number of hydroxylamine groups is 1. The number of hydrogen-bond donors (Lipinski definition) is 1. The van der Waals surface area contributed by atoms with Crippen molar-refractivity contribution >= 4 is 34.2 Å². The topological polar surface area (TPSA) is 77.5 Å². The largest absolute Gasteiger partial charge is 0.457 e. The number of carbonyl (C=O) groups excluding carboxylic acids is 2. The van der Waals surface area contributed by atoms with E-state index >= 15 is 0 Å². The van der Waals surface area contributed by atoms with E-state index in [1.807, 2.05) is 39.8 Å². The molecule has 2 aromatic carbocycles. The number of nitrogens with one attached hydrogen (secondary N) is 1. The predicted octanol–water partition coefficient (Wildman–Crippen LogP) is 6.36. The summed E-state index contributed by atoms with van der Waals surface area (Å²) >= 11 is 6.46. The number of halogens is 1. The summed E-state index contributed by atoms with van der Waals surface area (Å²) in [6, 6.07) is 10.7. The van der Waals surface area contributed by atoms with Crippen molar-refractivity contribution in [3.8, 4) is 11.5 Å². The van der Waals surface area contributed by atoms with Crippen LogP contribution in [0.3, 0.4) is 0 Å². The molecule has 0 aliphatic heterocycles. The number of carbonyl (C=O) groups is 2. The average molecular weight is 481 g/mol. The molecule has 3 aromatic rings. The lowest BCUT2D eigenvalue weighted by molar-refractivity contribution is -0.118. The van der Waals surface area contributed by atoms with Crippen molar-refractivity contribution in [2.45, 2.75) is 59.0 Å². The summed E-state index contributed by atoms with van der Waals surface area (Å²) in [6.45, 7) is 7.42. The Labute approximate surface area is 204 Å². The normalized spacial score (nSPS) is 13.7. The number of Topliss-reactive ketones (excluding diaryl/α,β-unsaturated/α-hetero) is 1. The van der Waals surface area contributed by atoms with Crippen LogP contribution in [0.4, 0.5) is 0 Å². The Hall–Kier alpha value is -2.96. The van der Waals surface area contributed by atoms with Crippen molar-refractivity contribution in [1.29, 1.82) is 0 Å². The lowest BCUT2D eigenvalue weighted by Gasteiger charge is -2.19. The van der Waals surface area contributed by atoms with Gasteiger partial charge in [-0.25, -0.2) is 5.48 Å². The average Bonchev–Trinajstić information content (AvgIpc) is 3.57. The van der Waals surface area contributed by atoms with E-state index in [2.05, 4.69) is 10.5 Å². The fourth-order valence-corrected chi connectivity index (χ4v) is 3.89. The molecule has 0 radical (unpaired) electrons. The summed E-state index contributed by atoms with van der Waals surface area (Å²) in [5.41, 5.74) is 4.75. The van der Waals surface area contributed by atoms with Crippen LogP contribution in [0, 0.1) is 12.8 Å². The highest BCUT2D eigenvalue weighted by Gasteiger charge is 2.24. The zero-order valence-electron chi connectivity index (χ0n) is 19.9. The van der Waals surface area contributed by atoms with Crippen LogP contribution in [-0.4, -0.2) is 22.3 Å². The van der Waals surface area contributed by atoms with Crippen molar-refractivity contribution in [3.63, 3.8) is 0 Å². The number of nitrogens with zero attached hydrogens (tertiary/aromatic N) is 1. The number of aryl methyl sites for hydroxylation is 1. The molecule has 0 unspecified atom stereocenters. The van der Waals surface area contributed by atoms with Gasteiger partial charge in [-0.05, 0) is 87.9 Å². The minimum Gasteiger partial charge on any atom is -0.457 e. The van der Waals surface area contributed by atoms with Gasteiger partial charge >= 0.3 is 0 Å². The van der Waals surface area contributed by atoms with Gasteiger partial charge in [0, 0.05) is 35.0 Å². The number of amides is 1. The van der Waals surface area contributed by atoms with Crippen LogP contribution in [0.1, 0.15) is 61.5 Å². The molecule has 1 aliphatic rings. The molecule has 1 aromatic heterocycles. The van der Waals surface area contributed by atoms with Gasteiger partial charge in [0.1, 0.15) is 17.3 Å². The number of fused-ring (bicyclic) bond motifs is 1. The van der Waals surface area contributed by atoms with E-state index in [4.69, 9.17) is 21.2 Å². The molecule has 1 heterocycles. The minimum atomic E-state index is -0.510. The van der Waals surface area contributed by atoms with Crippen molar-refractivity contribution in [1.82, 2.24) is 10.5 Å². The van der Waals surface area contributed by atoms with E-state index in [9.17, 15) is 9.59 Å². The van der Waals surface area contributed by atoms with Crippen LogP contribution < -0.4 is 10.2 Å². The fourth-order valence-electron chi connectivity index (χ4n) is 3.65. The molecule has 0 spiro atoms. The number of pyridine rings is 1. The first-order valence-electron chi connectivity index (χ1n) is 11.4. The quantitative estimate of drug-likeness (QED) is 0.379. The van der Waals surface area contributed by atoms with Gasteiger partial charge in [-0.2, -0.15) is 0 Å². The van der Waals surface area contributed by atoms with E-state index in [0.29, 0.717) is 51.7 Å². The third-order valence-corrected chi connectivity index (χ3v) is 5.95. The van der Waals surface area contributed by atoms with E-state index in [-0.39, 0.29) is 11.7 Å². The van der Waals surface area contributed by atoms with Gasteiger partial charge in [0.2, 0.25) is 0 Å². The Balaban J connectivity index is 1.56. The Bertz CT molecular complexity index is 1250. The molecule has 1 saturated carbocycles. The molecule has 1 amide bonds. The molecule has 0 bridgehead atoms. The van der Waals surface area contributed by atoms with Gasteiger partial charge in [-0.1, -0.05) is 17.7 Å². The van der Waals surface area contributed by atoms with E-state index in [1.165, 1.54) is 0 Å². The van der Waals surface area contributed by atoms with Gasteiger partial charge in [0.05, 0.1) is 11.1 Å². The Morgan fingerprint density at radius 2 is 1.91 bits per heavy atom. The lowest BCUT2D eigenvalue weighted by Crippen LogP contribution is -2.33. The third kappa shape index (κ3) is 6.13. The van der Waals surface area contributed by atoms with Crippen LogP contribution in [0.25, 0.3) is 10.9 Å². The summed E-state index contributed by atoms with van der Waals surface area (Å²) in [5.74, 6) is 1.52. The first-order valence-corrected chi connectivity index (χ1v) is 11.8. The maximum Gasteiger partial charge on any atom is 0.275 e. The van der Waals surface area contributed by atoms with Crippen molar-refractivity contribution in [2.24, 2.45) is 5.92 Å². The highest BCUT2D eigenvalue weighted by Crippen LogP contribution is 2.35. The summed E-state index contributed by atoms with van der Waals surface area (Å²) in [4.78, 5) is 34.8. The lowest BCUT2D eigenvalue weighted by atomic mass is 10.0. The number of ether oxygens (including phenoxy) is 1. The second kappa shape index (κ2) is 9.72. The number of aromatic nitrogens is 1. The molecule has 6 nitrogen and oxygen atoms in total. The molecule has 1 fully saturated rings. The zero-order valence-corrected chi connectivity index (χ0v) is 20.7. The molecule has 178 valence electrons. The van der Waals surface area contributed by atoms with Crippen molar-refractivity contribution in [2.75, 3.05) is 0 Å². The minimum absolute atomic E-state index is 0.217. The molecule has 1 N–H and O–H groups in total. The maximum absolute atomic E-state index is 12.7. The Kier molecular flexibility index (Phi) is 6.91. The first kappa shape index (κ1) is 24.2. The van der Waals surface area contributed by atoms with Crippen LogP contribution in [0.2, 0.25) is 5.02 Å². The molecule has 34 heavy (non-hydrogen) atoms. The van der Waals surface area contributed by atoms with Gasteiger partial charge in [-0.15, -0.1) is 0 Å². The Morgan fingerprint density at radius 3 is 2.59 bits per heavy atom. The number of ketones is 1. The second-order valence-electron chi connectivity index (χ2n) is 9.86. The molecular formula is C27H29ClN2O4. The number of benzene rings is 2. The van der Waals surface area contributed by atoms with Crippen LogP contribution >= 0.6 is 11.6 Å². The van der Waals surface area contributed by atoms with Gasteiger partial charge < -0.3 is 4.74 Å². The highest BCUT2D eigenvalue weighted by atomic mass is 35.5. The molecule has 4 rings (SSSR count). The van der Waals surface area contributed by atoms with Crippen molar-refractivity contribution < 1.29 is 19.2 Å². The van der Waals surface area contributed by atoms with E-state index < -0.39 is 5.60 Å². The zero-order chi connectivity index (χ0) is 24.5. The van der Waals surface area contributed by atoms with Crippen LogP contribution in [0.5, 0.6) is 11.5 Å². The predicted molar refractivity (Wildman–Crippen MR) is 132 cm³/mol. The van der Waals surface area contributed by atoms with Crippen LogP contribution in [-0.2, 0) is 16.1 Å². The molecule has 0 saturated heterocycles. The molecule has 0 atom stereocenters. The van der Waals surface area contributed by atoms with Gasteiger partial charge in [-0.3, -0.25) is 19.4 Å². The fraction of sp³-hybridized carbons (Fsp3) is 0.370. The van der Waals surface area contributed by atoms with Crippen LogP contribution in [0.15, 0.2) is 42.6 Å². The first-order chi connectivity index (χ1) is 16.1. The second-order valence-corrected chi connectivity index (χ2v) is 10.3. The standard InChI is InChI=1S/C27H29ClN2O4/c1-16-11-24-22(15-21(16)26(32)30-34-27(2,3)4)25(9-10-29-24)33-20-8-7-18(23(28)14-20)13-19(31)12-17-5-6-17/h7-11,14-15,17H,5-6,12-13H2,1-4H3,(H,30,32). The Morgan fingerprint density at radius 1 is 1.15 bits per heavy atom. The smallest absolute Gasteiger partial charge is 0.275 e. The highest BCUT2D eigenvalue weighted by molar-refractivity contribution is 6.31. The number of hydrogen-bond acceptors (Lipinski definition) is 5. The number of rotatable bonds is 8. The van der Waals surface area contributed by atoms with Gasteiger partial charge in [0.25, 0.3) is 5.91 Å². The molecule has 7 heteroatoms. The van der Waals surface area contributed by atoms with E-state index in [0.717, 1.165) is 24.0 Å². The maximum atomic E-state index is 12.7. The SMILES string of the molecule is Cc1cc2nccc(Oc3ccc(CC(=O)CC4CC4)c(Cl)c3)c2cc1C(=O)NOC(C)(C)C. The van der Waals surface area contributed by atoms with E-state index in [1.54, 1.807) is 30.5 Å². The third-order valence-electron chi connectivity index (χ3n) is 5.60.